The number of para-hydroxylation sites is 1. The van der Waals surface area contributed by atoms with Crippen molar-refractivity contribution in [3.63, 3.8) is 0 Å². The smallest absolute Gasteiger partial charge is 0.169 e. The zero-order chi connectivity index (χ0) is 18.9. The largest absolute Gasteiger partial charge is 0.358 e. The van der Waals surface area contributed by atoms with Crippen LogP contribution in [0, 0.1) is 0 Å². The Morgan fingerprint density at radius 3 is 2.82 bits per heavy atom. The van der Waals surface area contributed by atoms with Gasteiger partial charge in [-0.25, -0.2) is 24.9 Å². The minimum Gasteiger partial charge on any atom is -0.358 e. The van der Waals surface area contributed by atoms with Crippen LogP contribution in [0.4, 0.5) is 17.3 Å². The first-order valence-electron chi connectivity index (χ1n) is 8.77. The van der Waals surface area contributed by atoms with Crippen LogP contribution in [0.15, 0.2) is 71.2 Å². The van der Waals surface area contributed by atoms with E-state index in [4.69, 9.17) is 4.99 Å². The molecule has 0 saturated carbocycles. The van der Waals surface area contributed by atoms with Crippen molar-refractivity contribution in [2.75, 3.05) is 9.62 Å². The van der Waals surface area contributed by atoms with Crippen molar-refractivity contribution in [1.82, 2.24) is 24.9 Å². The van der Waals surface area contributed by atoms with E-state index in [2.05, 4.69) is 46.7 Å². The van der Waals surface area contributed by atoms with Gasteiger partial charge in [0.15, 0.2) is 17.3 Å². The maximum absolute atomic E-state index is 4.84. The third kappa shape index (κ3) is 2.95. The number of benzene rings is 1. The summed E-state index contributed by atoms with van der Waals surface area (Å²) in [4.78, 5) is 26.1. The van der Waals surface area contributed by atoms with E-state index in [1.54, 1.807) is 24.5 Å². The second kappa shape index (κ2) is 6.93. The molecule has 138 valence electrons. The molecule has 0 fully saturated rings. The Labute approximate surface area is 165 Å². The van der Waals surface area contributed by atoms with Crippen LogP contribution in [0.2, 0.25) is 0 Å². The number of pyridine rings is 1. The van der Waals surface area contributed by atoms with E-state index in [9.17, 15) is 0 Å². The molecular formula is C19H16N8S. The molecule has 0 saturated heterocycles. The Kier molecular flexibility index (Phi) is 4.13. The van der Waals surface area contributed by atoms with Crippen molar-refractivity contribution in [3.05, 3.63) is 61.3 Å². The zero-order valence-corrected chi connectivity index (χ0v) is 15.8. The molecule has 0 amide bonds. The third-order valence-corrected chi connectivity index (χ3v) is 5.41. The Morgan fingerprint density at radius 1 is 1.04 bits per heavy atom. The molecule has 4 heterocycles. The quantitative estimate of drug-likeness (QED) is 0.513. The molecule has 9 heteroatoms. The highest BCUT2D eigenvalue weighted by molar-refractivity contribution is 8.01. The number of nitrogens with one attached hydrogen (secondary N) is 2. The summed E-state index contributed by atoms with van der Waals surface area (Å²) in [6.45, 7) is 2.05. The van der Waals surface area contributed by atoms with Crippen molar-refractivity contribution in [2.24, 2.45) is 4.99 Å². The van der Waals surface area contributed by atoms with Crippen LogP contribution in [0.1, 0.15) is 6.92 Å². The van der Waals surface area contributed by atoms with Crippen molar-refractivity contribution in [2.45, 2.75) is 17.9 Å². The summed E-state index contributed by atoms with van der Waals surface area (Å²) in [7, 11) is 0. The monoisotopic (exact) mass is 388 g/mol. The van der Waals surface area contributed by atoms with Gasteiger partial charge in [-0.3, -0.25) is 4.31 Å². The number of imidazole rings is 1. The highest BCUT2D eigenvalue weighted by Gasteiger charge is 2.27. The molecule has 1 aliphatic rings. The lowest BCUT2D eigenvalue weighted by Crippen LogP contribution is -2.39. The Bertz CT molecular complexity index is 1160. The molecular weight excluding hydrogens is 372 g/mol. The molecule has 0 spiro atoms. The molecule has 3 aromatic heterocycles. The van der Waals surface area contributed by atoms with Gasteiger partial charge in [-0.15, -0.1) is 0 Å². The molecule has 1 atom stereocenters. The van der Waals surface area contributed by atoms with E-state index in [0.29, 0.717) is 17.0 Å². The first-order valence-corrected chi connectivity index (χ1v) is 9.54. The van der Waals surface area contributed by atoms with Crippen LogP contribution in [0.5, 0.6) is 0 Å². The number of fused-ring (bicyclic) bond motifs is 2. The van der Waals surface area contributed by atoms with E-state index in [1.807, 2.05) is 37.3 Å². The fourth-order valence-electron chi connectivity index (χ4n) is 3.00. The molecule has 4 aromatic rings. The minimum atomic E-state index is -0.141. The fraction of sp³-hybridized carbons (Fsp3) is 0.105. The van der Waals surface area contributed by atoms with Gasteiger partial charge in [0, 0.05) is 6.20 Å². The fourth-order valence-corrected chi connectivity index (χ4v) is 4.03. The zero-order valence-electron chi connectivity index (χ0n) is 14.9. The van der Waals surface area contributed by atoms with Crippen LogP contribution in [-0.2, 0) is 0 Å². The number of aromatic nitrogens is 5. The standard InChI is InChI=1S/C19H16N8S/c1-12(25-18-15-17(22-10-21-15)23-11-24-18)19-26-16-14(8-5-9-20-16)28-27(19)13-6-3-2-4-7-13/h2-12H,1H3,(H2,21,22,23,24,25)/t12-/m0/s1. The van der Waals surface area contributed by atoms with Crippen LogP contribution in [0.25, 0.3) is 11.2 Å². The SMILES string of the molecule is C[C@H](Nc1ncnc2[nH]cnc12)C1=Nc2ncccc2SN1c1ccccc1. The predicted octanol–water partition coefficient (Wildman–Crippen LogP) is 3.81. The number of amidine groups is 1. The van der Waals surface area contributed by atoms with E-state index in [-0.39, 0.29) is 6.04 Å². The number of anilines is 2. The number of hydrogen-bond acceptors (Lipinski definition) is 8. The Hall–Kier alpha value is -3.46. The summed E-state index contributed by atoms with van der Waals surface area (Å²) in [5, 5.41) is 3.42. The Morgan fingerprint density at radius 2 is 1.93 bits per heavy atom. The number of aromatic amines is 1. The molecule has 0 unspecified atom stereocenters. The molecule has 28 heavy (non-hydrogen) atoms. The number of hydrogen-bond donors (Lipinski definition) is 2. The summed E-state index contributed by atoms with van der Waals surface area (Å²) in [5.74, 6) is 2.21. The Balaban J connectivity index is 1.54. The van der Waals surface area contributed by atoms with E-state index in [1.165, 1.54) is 6.33 Å². The second-order valence-corrected chi connectivity index (χ2v) is 7.19. The van der Waals surface area contributed by atoms with Gasteiger partial charge in [-0.1, -0.05) is 18.2 Å². The molecule has 8 nitrogen and oxygen atoms in total. The van der Waals surface area contributed by atoms with Gasteiger partial charge in [-0.05, 0) is 43.1 Å². The number of rotatable bonds is 4. The third-order valence-electron chi connectivity index (χ3n) is 4.32. The lowest BCUT2D eigenvalue weighted by molar-refractivity contribution is 0.996. The second-order valence-electron chi connectivity index (χ2n) is 6.20. The molecule has 0 aliphatic carbocycles. The van der Waals surface area contributed by atoms with Crippen LogP contribution >= 0.6 is 11.9 Å². The van der Waals surface area contributed by atoms with Crippen LogP contribution < -0.4 is 9.62 Å². The summed E-state index contributed by atoms with van der Waals surface area (Å²) >= 11 is 1.61. The van der Waals surface area contributed by atoms with E-state index >= 15 is 0 Å². The van der Waals surface area contributed by atoms with Gasteiger partial charge in [0.1, 0.15) is 17.7 Å². The highest BCUT2D eigenvalue weighted by atomic mass is 32.2. The topological polar surface area (TPSA) is 95.0 Å². The highest BCUT2D eigenvalue weighted by Crippen LogP contribution is 2.39. The van der Waals surface area contributed by atoms with E-state index in [0.717, 1.165) is 22.2 Å². The maximum Gasteiger partial charge on any atom is 0.169 e. The molecule has 0 bridgehead atoms. The van der Waals surface area contributed by atoms with E-state index < -0.39 is 0 Å². The normalized spacial score (nSPS) is 14.5. The number of H-pyrrole nitrogens is 1. The average Bonchev–Trinajstić information content (AvgIpc) is 3.23. The van der Waals surface area contributed by atoms with Crippen molar-refractivity contribution in [1.29, 1.82) is 0 Å². The molecule has 1 aliphatic heterocycles. The van der Waals surface area contributed by atoms with Crippen LogP contribution in [0.3, 0.4) is 0 Å². The molecule has 2 N–H and O–H groups in total. The van der Waals surface area contributed by atoms with Crippen molar-refractivity contribution < 1.29 is 0 Å². The van der Waals surface area contributed by atoms with Gasteiger partial charge in [0.05, 0.1) is 23.0 Å². The van der Waals surface area contributed by atoms with Gasteiger partial charge >= 0.3 is 0 Å². The van der Waals surface area contributed by atoms with Crippen molar-refractivity contribution in [3.8, 4) is 0 Å². The number of nitrogens with zero attached hydrogens (tertiary/aromatic N) is 6. The molecule has 0 radical (unpaired) electrons. The molecule has 5 rings (SSSR count). The summed E-state index contributed by atoms with van der Waals surface area (Å²) in [5.41, 5.74) is 2.43. The maximum atomic E-state index is 4.84. The minimum absolute atomic E-state index is 0.141. The average molecular weight is 388 g/mol. The lowest BCUT2D eigenvalue weighted by atomic mass is 10.2. The lowest BCUT2D eigenvalue weighted by Gasteiger charge is -2.32. The van der Waals surface area contributed by atoms with Gasteiger partial charge in [-0.2, -0.15) is 0 Å². The summed E-state index contributed by atoms with van der Waals surface area (Å²) in [6.07, 6.45) is 4.88. The summed E-state index contributed by atoms with van der Waals surface area (Å²) < 4.78 is 2.12. The van der Waals surface area contributed by atoms with Gasteiger partial charge in [0.2, 0.25) is 0 Å². The number of aliphatic imine (C=N–C) groups is 1. The summed E-state index contributed by atoms with van der Waals surface area (Å²) in [6, 6.07) is 14.0. The van der Waals surface area contributed by atoms with Crippen LogP contribution in [-0.4, -0.2) is 36.8 Å². The van der Waals surface area contributed by atoms with Crippen molar-refractivity contribution >= 4 is 46.3 Å². The van der Waals surface area contributed by atoms with Gasteiger partial charge < -0.3 is 10.3 Å². The first-order chi connectivity index (χ1) is 13.8. The predicted molar refractivity (Wildman–Crippen MR) is 111 cm³/mol. The van der Waals surface area contributed by atoms with Gasteiger partial charge in [0.25, 0.3) is 0 Å². The first kappa shape index (κ1) is 16.7. The molecule has 1 aromatic carbocycles.